The quantitative estimate of drug-likeness (QED) is 0.300. The van der Waals surface area contributed by atoms with E-state index in [1.165, 1.54) is 7.11 Å². The SMILES string of the molecule is COc1ccc(C(=CC(=O)c2cc(OC)c(OC)cc2Br)c2ccc(OC)cc2)cc1. The topological polar surface area (TPSA) is 54.0 Å². The van der Waals surface area contributed by atoms with E-state index in [-0.39, 0.29) is 5.78 Å². The number of hydrogen-bond acceptors (Lipinski definition) is 5. The van der Waals surface area contributed by atoms with E-state index in [1.807, 2.05) is 48.5 Å². The number of methoxy groups -OCH3 is 4. The van der Waals surface area contributed by atoms with Crippen LogP contribution in [0.25, 0.3) is 5.57 Å². The van der Waals surface area contributed by atoms with Gasteiger partial charge >= 0.3 is 0 Å². The lowest BCUT2D eigenvalue weighted by molar-refractivity contribution is 0.104. The molecule has 31 heavy (non-hydrogen) atoms. The normalized spacial score (nSPS) is 10.2. The van der Waals surface area contributed by atoms with Crippen LogP contribution in [0.4, 0.5) is 0 Å². The van der Waals surface area contributed by atoms with Crippen molar-refractivity contribution in [3.63, 3.8) is 0 Å². The molecule has 0 aromatic heterocycles. The fourth-order valence-electron chi connectivity index (χ4n) is 3.13. The minimum atomic E-state index is -0.172. The molecule has 0 saturated heterocycles. The van der Waals surface area contributed by atoms with E-state index < -0.39 is 0 Å². The van der Waals surface area contributed by atoms with Crippen LogP contribution in [0.15, 0.2) is 71.2 Å². The van der Waals surface area contributed by atoms with Gasteiger partial charge in [-0.2, -0.15) is 0 Å². The Labute approximate surface area is 190 Å². The molecule has 0 spiro atoms. The molecule has 0 radical (unpaired) electrons. The Kier molecular flexibility index (Phi) is 7.36. The van der Waals surface area contributed by atoms with Crippen molar-refractivity contribution in [3.8, 4) is 23.0 Å². The van der Waals surface area contributed by atoms with Crippen LogP contribution in [0, 0.1) is 0 Å². The zero-order valence-electron chi connectivity index (χ0n) is 17.8. The number of carbonyl (C=O) groups excluding carboxylic acids is 1. The molecule has 3 aromatic carbocycles. The first-order valence-electron chi connectivity index (χ1n) is 9.47. The summed E-state index contributed by atoms with van der Waals surface area (Å²) in [5.74, 6) is 2.34. The molecule has 3 aromatic rings. The van der Waals surface area contributed by atoms with E-state index in [1.54, 1.807) is 39.5 Å². The zero-order valence-corrected chi connectivity index (χ0v) is 19.4. The van der Waals surface area contributed by atoms with E-state index >= 15 is 0 Å². The third-order valence-electron chi connectivity index (χ3n) is 4.82. The molecule has 3 rings (SSSR count). The van der Waals surface area contributed by atoms with E-state index in [0.29, 0.717) is 21.5 Å². The first-order valence-corrected chi connectivity index (χ1v) is 10.3. The number of rotatable bonds is 8. The van der Waals surface area contributed by atoms with Crippen LogP contribution in [-0.2, 0) is 0 Å². The summed E-state index contributed by atoms with van der Waals surface area (Å²) in [6, 6.07) is 18.5. The molecule has 0 atom stereocenters. The van der Waals surface area contributed by atoms with Crippen molar-refractivity contribution in [1.29, 1.82) is 0 Å². The molecule has 0 saturated carbocycles. The highest BCUT2D eigenvalue weighted by molar-refractivity contribution is 9.10. The van der Waals surface area contributed by atoms with Gasteiger partial charge in [-0.3, -0.25) is 4.79 Å². The minimum Gasteiger partial charge on any atom is -0.497 e. The molecule has 6 heteroatoms. The Morgan fingerprint density at radius 3 is 1.58 bits per heavy atom. The maximum Gasteiger partial charge on any atom is 0.187 e. The largest absolute Gasteiger partial charge is 0.497 e. The Morgan fingerprint density at radius 1 is 0.710 bits per heavy atom. The second-order valence-electron chi connectivity index (χ2n) is 6.57. The molecule has 160 valence electrons. The van der Waals surface area contributed by atoms with Crippen molar-refractivity contribution in [1.82, 2.24) is 0 Å². The van der Waals surface area contributed by atoms with Crippen molar-refractivity contribution < 1.29 is 23.7 Å². The molecule has 0 heterocycles. The maximum atomic E-state index is 13.3. The third kappa shape index (κ3) is 5.09. The number of halogens is 1. The number of carbonyl (C=O) groups is 1. The van der Waals surface area contributed by atoms with E-state index in [2.05, 4.69) is 15.9 Å². The van der Waals surface area contributed by atoms with Crippen LogP contribution in [0.3, 0.4) is 0 Å². The van der Waals surface area contributed by atoms with Gasteiger partial charge in [0.2, 0.25) is 0 Å². The summed E-state index contributed by atoms with van der Waals surface area (Å²) in [7, 11) is 6.33. The van der Waals surface area contributed by atoms with Crippen LogP contribution < -0.4 is 18.9 Å². The molecule has 0 aliphatic carbocycles. The summed E-state index contributed by atoms with van der Waals surface area (Å²) in [5, 5.41) is 0. The van der Waals surface area contributed by atoms with Gasteiger partial charge < -0.3 is 18.9 Å². The van der Waals surface area contributed by atoms with Crippen molar-refractivity contribution in [3.05, 3.63) is 87.9 Å². The molecule has 0 unspecified atom stereocenters. The fraction of sp³-hybridized carbons (Fsp3) is 0.160. The molecule has 0 aliphatic rings. The summed E-state index contributed by atoms with van der Waals surface area (Å²) < 4.78 is 21.8. The van der Waals surface area contributed by atoms with Crippen LogP contribution in [0.2, 0.25) is 0 Å². The first kappa shape index (κ1) is 22.4. The number of hydrogen-bond donors (Lipinski definition) is 0. The minimum absolute atomic E-state index is 0.172. The summed E-state index contributed by atoms with van der Waals surface area (Å²) >= 11 is 3.47. The van der Waals surface area contributed by atoms with Gasteiger partial charge in [0.1, 0.15) is 11.5 Å². The molecule has 0 N–H and O–H groups in total. The second kappa shape index (κ2) is 10.2. The predicted octanol–water partition coefficient (Wildman–Crippen LogP) is 5.80. The Bertz CT molecular complexity index is 1040. The zero-order chi connectivity index (χ0) is 22.4. The number of ether oxygens (including phenoxy) is 4. The lowest BCUT2D eigenvalue weighted by Gasteiger charge is -2.12. The summed E-state index contributed by atoms with van der Waals surface area (Å²) in [5.41, 5.74) is 3.01. The monoisotopic (exact) mass is 482 g/mol. The molecule has 0 amide bonds. The van der Waals surface area contributed by atoms with E-state index in [9.17, 15) is 4.79 Å². The van der Waals surface area contributed by atoms with Gasteiger partial charge in [0.25, 0.3) is 0 Å². The smallest absolute Gasteiger partial charge is 0.187 e. The van der Waals surface area contributed by atoms with Crippen LogP contribution in [0.5, 0.6) is 23.0 Å². The van der Waals surface area contributed by atoms with Crippen LogP contribution >= 0.6 is 15.9 Å². The van der Waals surface area contributed by atoms with Gasteiger partial charge in [0.15, 0.2) is 17.3 Å². The van der Waals surface area contributed by atoms with Gasteiger partial charge in [-0.15, -0.1) is 0 Å². The third-order valence-corrected chi connectivity index (χ3v) is 5.47. The van der Waals surface area contributed by atoms with Crippen LogP contribution in [0.1, 0.15) is 21.5 Å². The lowest BCUT2D eigenvalue weighted by atomic mass is 9.95. The van der Waals surface area contributed by atoms with Crippen molar-refractivity contribution in [2.45, 2.75) is 0 Å². The average molecular weight is 483 g/mol. The number of allylic oxidation sites excluding steroid dienone is 1. The van der Waals surface area contributed by atoms with Crippen molar-refractivity contribution >= 4 is 27.3 Å². The highest BCUT2D eigenvalue weighted by Gasteiger charge is 2.16. The van der Waals surface area contributed by atoms with Crippen molar-refractivity contribution in [2.75, 3.05) is 28.4 Å². The fourth-order valence-corrected chi connectivity index (χ4v) is 3.64. The van der Waals surface area contributed by atoms with Gasteiger partial charge in [-0.1, -0.05) is 24.3 Å². The van der Waals surface area contributed by atoms with Gasteiger partial charge in [-0.05, 0) is 75.1 Å². The van der Waals surface area contributed by atoms with Crippen LogP contribution in [-0.4, -0.2) is 34.2 Å². The molecular weight excluding hydrogens is 460 g/mol. The lowest BCUT2D eigenvalue weighted by Crippen LogP contribution is -2.01. The van der Waals surface area contributed by atoms with E-state index in [4.69, 9.17) is 18.9 Å². The second-order valence-corrected chi connectivity index (χ2v) is 7.42. The highest BCUT2D eigenvalue weighted by Crippen LogP contribution is 2.35. The maximum absolute atomic E-state index is 13.3. The Balaban J connectivity index is 2.10. The molecular formula is C25H23BrO5. The average Bonchev–Trinajstić information content (AvgIpc) is 2.82. The summed E-state index contributed by atoms with van der Waals surface area (Å²) in [6.45, 7) is 0. The summed E-state index contributed by atoms with van der Waals surface area (Å²) in [6.07, 6.45) is 1.62. The van der Waals surface area contributed by atoms with Crippen molar-refractivity contribution in [2.24, 2.45) is 0 Å². The molecule has 0 bridgehead atoms. The van der Waals surface area contributed by atoms with Gasteiger partial charge in [-0.25, -0.2) is 0 Å². The summed E-state index contributed by atoms with van der Waals surface area (Å²) in [4.78, 5) is 13.3. The van der Waals surface area contributed by atoms with Gasteiger partial charge in [0.05, 0.1) is 28.4 Å². The van der Waals surface area contributed by atoms with Gasteiger partial charge in [0, 0.05) is 10.0 Å². The Hall–Kier alpha value is -3.25. The Morgan fingerprint density at radius 2 is 1.16 bits per heavy atom. The number of benzene rings is 3. The number of ketones is 1. The molecule has 0 fully saturated rings. The molecule has 0 aliphatic heterocycles. The van der Waals surface area contributed by atoms with E-state index in [0.717, 1.165) is 28.2 Å². The predicted molar refractivity (Wildman–Crippen MR) is 125 cm³/mol. The highest BCUT2D eigenvalue weighted by atomic mass is 79.9. The molecule has 5 nitrogen and oxygen atoms in total. The first-order chi connectivity index (χ1) is 15.0. The standard InChI is InChI=1S/C25H23BrO5/c1-28-18-9-5-16(6-10-18)20(17-7-11-19(29-2)12-8-17)13-23(27)21-14-24(30-3)25(31-4)15-22(21)26/h5-15H,1-4H3.